The Labute approximate surface area is 264 Å². The van der Waals surface area contributed by atoms with Crippen molar-refractivity contribution >= 4 is 21.9 Å². The molecule has 6 aromatic rings. The van der Waals surface area contributed by atoms with E-state index in [1.54, 1.807) is 0 Å². The molecule has 0 radical (unpaired) electrons. The summed E-state index contributed by atoms with van der Waals surface area (Å²) in [4.78, 5) is 0. The van der Waals surface area contributed by atoms with Gasteiger partial charge in [0.2, 0.25) is 0 Å². The van der Waals surface area contributed by atoms with Crippen LogP contribution in [0.15, 0.2) is 106 Å². The molecule has 1 atom stereocenters. The average molecular weight is 605 g/mol. The number of aryl methyl sites for hydroxylation is 2. The highest BCUT2D eigenvalue weighted by atomic mass is 16.6. The molecule has 45 heavy (non-hydrogen) atoms. The Bertz CT molecular complexity index is 1700. The molecule has 0 bridgehead atoms. The Morgan fingerprint density at radius 2 is 1.11 bits per heavy atom. The predicted molar refractivity (Wildman–Crippen MR) is 179 cm³/mol. The molecule has 0 aliphatic rings. The fraction of sp³-hybridized carbons (Fsp3) is 0.282. The number of benzene rings is 4. The Balaban J connectivity index is 1.15. The maximum atomic E-state index is 10.0. The van der Waals surface area contributed by atoms with Crippen LogP contribution in [0.3, 0.4) is 0 Å². The van der Waals surface area contributed by atoms with Gasteiger partial charge in [0.15, 0.2) is 0 Å². The summed E-state index contributed by atoms with van der Waals surface area (Å²) in [5, 5.41) is 12.0. The van der Waals surface area contributed by atoms with Crippen LogP contribution >= 0.6 is 0 Å². The minimum Gasteiger partial charge on any atom is -0.491 e. The molecule has 2 aromatic heterocycles. The van der Waals surface area contributed by atoms with Gasteiger partial charge in [-0.2, -0.15) is 0 Å². The lowest BCUT2D eigenvalue weighted by Gasteiger charge is -2.24. The van der Waals surface area contributed by atoms with E-state index >= 15 is 0 Å². The number of furan rings is 2. The van der Waals surface area contributed by atoms with Gasteiger partial charge in [-0.1, -0.05) is 79.4 Å². The van der Waals surface area contributed by atoms with Gasteiger partial charge in [0.1, 0.15) is 53.5 Å². The quantitative estimate of drug-likeness (QED) is 0.133. The Kier molecular flexibility index (Phi) is 9.53. The van der Waals surface area contributed by atoms with Crippen LogP contribution in [0.1, 0.15) is 37.3 Å². The molecule has 0 amide bonds. The highest BCUT2D eigenvalue weighted by Gasteiger charge is 2.19. The maximum absolute atomic E-state index is 10.0. The van der Waals surface area contributed by atoms with Crippen molar-refractivity contribution in [2.75, 3.05) is 19.8 Å². The Morgan fingerprint density at radius 3 is 1.56 bits per heavy atom. The van der Waals surface area contributed by atoms with Gasteiger partial charge >= 0.3 is 0 Å². The molecule has 1 unspecified atom stereocenters. The second-order valence-corrected chi connectivity index (χ2v) is 11.7. The number of fused-ring (bicyclic) bond motifs is 2. The van der Waals surface area contributed by atoms with E-state index in [-0.39, 0.29) is 25.9 Å². The van der Waals surface area contributed by atoms with Crippen molar-refractivity contribution in [3.63, 3.8) is 0 Å². The van der Waals surface area contributed by atoms with Crippen molar-refractivity contribution in [1.29, 1.82) is 0 Å². The number of ether oxygens (including phenoxy) is 3. The zero-order chi connectivity index (χ0) is 31.2. The lowest BCUT2D eigenvalue weighted by molar-refractivity contribution is -0.0749. The summed E-state index contributed by atoms with van der Waals surface area (Å²) in [5.41, 5.74) is 5.99. The molecule has 232 valence electrons. The standard InChI is InChI=1S/C39H40O6/c1-4-5-6-34(23-40)43-35(24-41-32-17-15-30-19-36(44-38(30)21-32)28-11-7-26(2)8-12-28)25-42-33-18-16-31-20-37(45-39(31)22-33)29-13-9-27(3)10-14-29/h7-22,34-35,40H,4-6,23-25H2,1-3H3. The molecule has 0 aliphatic carbocycles. The van der Waals surface area contributed by atoms with Gasteiger partial charge < -0.3 is 28.2 Å². The minimum absolute atomic E-state index is 0.0587. The minimum atomic E-state index is -0.412. The first kappa shape index (κ1) is 30.5. The van der Waals surface area contributed by atoms with Gasteiger partial charge in [0.25, 0.3) is 0 Å². The molecule has 0 saturated heterocycles. The van der Waals surface area contributed by atoms with Gasteiger partial charge in [-0.3, -0.25) is 0 Å². The average Bonchev–Trinajstić information content (AvgIpc) is 3.68. The molecule has 0 aliphatic heterocycles. The molecule has 4 aromatic carbocycles. The van der Waals surface area contributed by atoms with Crippen LogP contribution in [0.2, 0.25) is 0 Å². The highest BCUT2D eigenvalue weighted by Crippen LogP contribution is 2.32. The van der Waals surface area contributed by atoms with E-state index in [9.17, 15) is 5.11 Å². The summed E-state index contributed by atoms with van der Waals surface area (Å²) >= 11 is 0. The van der Waals surface area contributed by atoms with E-state index in [1.807, 2.05) is 48.5 Å². The number of aliphatic hydroxyl groups excluding tert-OH is 1. The zero-order valence-corrected chi connectivity index (χ0v) is 26.1. The van der Waals surface area contributed by atoms with Gasteiger partial charge in [-0.15, -0.1) is 0 Å². The summed E-state index contributed by atoms with van der Waals surface area (Å²) in [6.45, 7) is 6.71. The summed E-state index contributed by atoms with van der Waals surface area (Å²) in [7, 11) is 0. The zero-order valence-electron chi connectivity index (χ0n) is 26.1. The molecule has 0 spiro atoms. The Morgan fingerprint density at radius 1 is 0.622 bits per heavy atom. The molecular weight excluding hydrogens is 564 g/mol. The third-order valence-corrected chi connectivity index (χ3v) is 8.00. The molecule has 0 saturated carbocycles. The first-order valence-corrected chi connectivity index (χ1v) is 15.7. The number of aliphatic hydroxyl groups is 1. The maximum Gasteiger partial charge on any atom is 0.138 e. The van der Waals surface area contributed by atoms with Crippen molar-refractivity contribution in [3.8, 4) is 34.1 Å². The fourth-order valence-corrected chi connectivity index (χ4v) is 5.33. The predicted octanol–water partition coefficient (Wildman–Crippen LogP) is 9.52. The summed E-state index contributed by atoms with van der Waals surface area (Å²) in [5.74, 6) is 2.99. The highest BCUT2D eigenvalue weighted by molar-refractivity contribution is 5.85. The third kappa shape index (κ3) is 7.59. The smallest absolute Gasteiger partial charge is 0.138 e. The van der Waals surface area contributed by atoms with Crippen molar-refractivity contribution in [2.24, 2.45) is 0 Å². The molecule has 6 nitrogen and oxygen atoms in total. The molecule has 0 fully saturated rings. The van der Waals surface area contributed by atoms with Crippen LogP contribution < -0.4 is 9.47 Å². The van der Waals surface area contributed by atoms with E-state index in [1.165, 1.54) is 11.1 Å². The van der Waals surface area contributed by atoms with Crippen LogP contribution in [0.4, 0.5) is 0 Å². The summed E-state index contributed by atoms with van der Waals surface area (Å²) < 4.78 is 31.1. The Hall–Kier alpha value is -4.52. The topological polar surface area (TPSA) is 74.2 Å². The van der Waals surface area contributed by atoms with Crippen molar-refractivity contribution in [1.82, 2.24) is 0 Å². The normalized spacial score (nSPS) is 12.3. The van der Waals surface area contributed by atoms with Crippen molar-refractivity contribution < 1.29 is 28.2 Å². The van der Waals surface area contributed by atoms with Crippen LogP contribution in [-0.2, 0) is 4.74 Å². The van der Waals surface area contributed by atoms with Crippen molar-refractivity contribution in [3.05, 3.63) is 108 Å². The molecule has 6 rings (SSSR count). The lowest BCUT2D eigenvalue weighted by Crippen LogP contribution is -2.34. The fourth-order valence-electron chi connectivity index (χ4n) is 5.33. The van der Waals surface area contributed by atoms with E-state index in [0.29, 0.717) is 11.5 Å². The number of hydrogen-bond donors (Lipinski definition) is 1. The van der Waals surface area contributed by atoms with Gasteiger partial charge in [-0.05, 0) is 56.7 Å². The van der Waals surface area contributed by atoms with Crippen LogP contribution in [0.5, 0.6) is 11.5 Å². The molecule has 2 heterocycles. The second kappa shape index (κ2) is 14.1. The molecular formula is C39H40O6. The summed E-state index contributed by atoms with van der Waals surface area (Å²) in [6, 6.07) is 32.3. The first-order valence-electron chi connectivity index (χ1n) is 15.7. The first-order chi connectivity index (χ1) is 22.0. The van der Waals surface area contributed by atoms with E-state index < -0.39 is 6.10 Å². The van der Waals surface area contributed by atoms with Crippen LogP contribution in [0.25, 0.3) is 44.6 Å². The monoisotopic (exact) mass is 604 g/mol. The summed E-state index contributed by atoms with van der Waals surface area (Å²) in [6.07, 6.45) is 2.06. The van der Waals surface area contributed by atoms with E-state index in [0.717, 1.165) is 63.8 Å². The lowest BCUT2D eigenvalue weighted by atomic mass is 10.1. The largest absolute Gasteiger partial charge is 0.491 e. The SMILES string of the molecule is CCCCC(CO)OC(COc1ccc2cc(-c3ccc(C)cc3)oc2c1)COc1ccc2cc(-c3ccc(C)cc3)oc2c1. The molecule has 1 N–H and O–H groups in total. The van der Waals surface area contributed by atoms with Crippen LogP contribution in [0, 0.1) is 13.8 Å². The third-order valence-electron chi connectivity index (χ3n) is 8.00. The van der Waals surface area contributed by atoms with Gasteiger partial charge in [0.05, 0.1) is 12.7 Å². The number of unbranched alkanes of at least 4 members (excludes halogenated alkanes) is 1. The van der Waals surface area contributed by atoms with E-state index in [4.69, 9.17) is 23.0 Å². The molecule has 6 heteroatoms. The number of rotatable bonds is 14. The van der Waals surface area contributed by atoms with Gasteiger partial charge in [-0.25, -0.2) is 0 Å². The van der Waals surface area contributed by atoms with E-state index in [2.05, 4.69) is 69.3 Å². The van der Waals surface area contributed by atoms with Crippen molar-refractivity contribution in [2.45, 2.75) is 52.2 Å². The number of hydrogen-bond acceptors (Lipinski definition) is 6. The van der Waals surface area contributed by atoms with Gasteiger partial charge in [0, 0.05) is 34.0 Å². The van der Waals surface area contributed by atoms with Crippen LogP contribution in [-0.4, -0.2) is 37.1 Å². The second-order valence-electron chi connectivity index (χ2n) is 11.7.